The Bertz CT molecular complexity index is 41.5. The van der Waals surface area contributed by atoms with Crippen molar-refractivity contribution >= 4 is 6.72 Å². The highest BCUT2D eigenvalue weighted by molar-refractivity contribution is 5.22. The van der Waals surface area contributed by atoms with Crippen molar-refractivity contribution in [2.24, 2.45) is 5.10 Å². The highest BCUT2D eigenvalue weighted by Crippen LogP contribution is 1.54. The number of nitrogens with zero attached hydrogens (tertiary/aromatic N) is 1. The van der Waals surface area contributed by atoms with E-state index in [1.807, 2.05) is 0 Å². The minimum absolute atomic E-state index is 0.698. The van der Waals surface area contributed by atoms with Crippen LogP contribution in [0, 0.1) is 0 Å². The molecule has 2 heteroatoms. The first kappa shape index (κ1) is 5.21. The molecule has 0 saturated heterocycles. The molecule has 0 unspecified atom stereocenters. The summed E-state index contributed by atoms with van der Waals surface area (Å²) in [5.41, 5.74) is 2.59. The summed E-state index contributed by atoms with van der Waals surface area (Å²) in [6.45, 7) is 7.34. The molecular formula is C4H8N2. The van der Waals surface area contributed by atoms with Crippen molar-refractivity contribution in [3.63, 3.8) is 0 Å². The summed E-state index contributed by atoms with van der Waals surface area (Å²) in [5.74, 6) is 0. The van der Waals surface area contributed by atoms with Gasteiger partial charge in [0.1, 0.15) is 0 Å². The first-order valence-corrected chi connectivity index (χ1v) is 1.71. The molecular weight excluding hydrogens is 76.1 g/mol. The van der Waals surface area contributed by atoms with E-state index >= 15 is 0 Å². The smallest absolute Gasteiger partial charge is 0.0507 e. The topological polar surface area (TPSA) is 24.4 Å². The van der Waals surface area contributed by atoms with Crippen LogP contribution >= 0.6 is 0 Å². The van der Waals surface area contributed by atoms with Gasteiger partial charge in [-0.3, -0.25) is 0 Å². The fourth-order valence-electron chi connectivity index (χ4n) is 0.129. The van der Waals surface area contributed by atoms with Gasteiger partial charge in [-0.1, -0.05) is 6.08 Å². The van der Waals surface area contributed by atoms with Gasteiger partial charge in [0.15, 0.2) is 0 Å². The zero-order chi connectivity index (χ0) is 4.83. The molecule has 34 valence electrons. The second-order valence-electron chi connectivity index (χ2n) is 0.809. The van der Waals surface area contributed by atoms with Gasteiger partial charge in [-0.05, 0) is 0 Å². The van der Waals surface area contributed by atoms with E-state index in [2.05, 4.69) is 23.8 Å². The molecule has 2 nitrogen and oxygen atoms in total. The molecule has 0 atom stereocenters. The van der Waals surface area contributed by atoms with Gasteiger partial charge in [0, 0.05) is 6.72 Å². The van der Waals surface area contributed by atoms with E-state index in [9.17, 15) is 0 Å². The lowest BCUT2D eigenvalue weighted by atomic mass is 10.7. The molecule has 0 fully saturated rings. The maximum atomic E-state index is 3.45. The first-order chi connectivity index (χ1) is 2.91. The highest BCUT2D eigenvalue weighted by Gasteiger charge is 1.60. The Morgan fingerprint density at radius 1 is 1.83 bits per heavy atom. The van der Waals surface area contributed by atoms with Crippen LogP contribution in [0.5, 0.6) is 0 Å². The molecule has 0 heterocycles. The van der Waals surface area contributed by atoms with E-state index in [-0.39, 0.29) is 0 Å². The summed E-state index contributed by atoms with van der Waals surface area (Å²) in [6.07, 6.45) is 1.72. The quantitative estimate of drug-likeness (QED) is 0.227. The zero-order valence-corrected chi connectivity index (χ0v) is 3.65. The zero-order valence-electron chi connectivity index (χ0n) is 3.65. The van der Waals surface area contributed by atoms with Crippen molar-refractivity contribution in [3.05, 3.63) is 12.7 Å². The third-order valence-electron chi connectivity index (χ3n) is 0.347. The van der Waals surface area contributed by atoms with Crippen LogP contribution < -0.4 is 5.43 Å². The summed E-state index contributed by atoms with van der Waals surface area (Å²) in [7, 11) is 0. The summed E-state index contributed by atoms with van der Waals surface area (Å²) < 4.78 is 0. The number of nitrogens with one attached hydrogen (secondary N) is 1. The summed E-state index contributed by atoms with van der Waals surface area (Å²) >= 11 is 0. The Morgan fingerprint density at radius 3 is 2.67 bits per heavy atom. The lowest BCUT2D eigenvalue weighted by molar-refractivity contribution is 0.836. The first-order valence-electron chi connectivity index (χ1n) is 1.71. The number of hydrogen-bond donors (Lipinski definition) is 1. The predicted molar refractivity (Wildman–Crippen MR) is 27.7 cm³/mol. The van der Waals surface area contributed by atoms with Gasteiger partial charge >= 0.3 is 0 Å². The molecule has 0 aromatic carbocycles. The molecule has 6 heavy (non-hydrogen) atoms. The largest absolute Gasteiger partial charge is 0.307 e. The molecule has 0 saturated carbocycles. The van der Waals surface area contributed by atoms with Gasteiger partial charge in [0.25, 0.3) is 0 Å². The van der Waals surface area contributed by atoms with Crippen molar-refractivity contribution in [3.8, 4) is 0 Å². The Hall–Kier alpha value is -0.790. The van der Waals surface area contributed by atoms with Crippen molar-refractivity contribution in [1.29, 1.82) is 0 Å². The van der Waals surface area contributed by atoms with Crippen LogP contribution in [0.25, 0.3) is 0 Å². The van der Waals surface area contributed by atoms with Gasteiger partial charge < -0.3 is 5.43 Å². The molecule has 0 aromatic rings. The maximum Gasteiger partial charge on any atom is 0.0507 e. The Balaban J connectivity index is 2.66. The minimum Gasteiger partial charge on any atom is -0.307 e. The molecule has 0 bridgehead atoms. The van der Waals surface area contributed by atoms with Gasteiger partial charge in [-0.2, -0.15) is 5.10 Å². The average Bonchev–Trinajstić information content (AvgIpc) is 1.61. The van der Waals surface area contributed by atoms with E-state index in [0.717, 1.165) is 0 Å². The van der Waals surface area contributed by atoms with Gasteiger partial charge in [-0.15, -0.1) is 6.58 Å². The van der Waals surface area contributed by atoms with Crippen LogP contribution in [0.3, 0.4) is 0 Å². The fraction of sp³-hybridized carbons (Fsp3) is 0.250. The summed E-state index contributed by atoms with van der Waals surface area (Å²) in [4.78, 5) is 0. The van der Waals surface area contributed by atoms with E-state index in [4.69, 9.17) is 0 Å². The lowest BCUT2D eigenvalue weighted by Gasteiger charge is -1.85. The minimum atomic E-state index is 0.698. The molecule has 1 N–H and O–H groups in total. The molecule has 0 aromatic heterocycles. The molecule has 0 aliphatic rings. The van der Waals surface area contributed by atoms with Crippen LogP contribution in [0.4, 0.5) is 0 Å². The van der Waals surface area contributed by atoms with E-state index in [1.54, 1.807) is 6.08 Å². The monoisotopic (exact) mass is 84.1 g/mol. The van der Waals surface area contributed by atoms with Gasteiger partial charge in [-0.25, -0.2) is 0 Å². The van der Waals surface area contributed by atoms with Crippen LogP contribution in [0.1, 0.15) is 0 Å². The Kier molecular flexibility index (Phi) is 3.66. The fourth-order valence-corrected chi connectivity index (χ4v) is 0.129. The van der Waals surface area contributed by atoms with Crippen molar-refractivity contribution < 1.29 is 0 Å². The van der Waals surface area contributed by atoms with Gasteiger partial charge in [0.05, 0.1) is 6.54 Å². The number of hydrazone groups is 1. The third kappa shape index (κ3) is 3.21. The number of rotatable bonds is 3. The molecule has 0 radical (unpaired) electrons. The van der Waals surface area contributed by atoms with Crippen molar-refractivity contribution in [2.75, 3.05) is 6.54 Å². The van der Waals surface area contributed by atoms with E-state index in [0.29, 0.717) is 6.54 Å². The second kappa shape index (κ2) is 4.21. The van der Waals surface area contributed by atoms with E-state index < -0.39 is 0 Å². The van der Waals surface area contributed by atoms with Crippen LogP contribution in [0.15, 0.2) is 17.8 Å². The second-order valence-corrected chi connectivity index (χ2v) is 0.809. The van der Waals surface area contributed by atoms with Crippen molar-refractivity contribution in [1.82, 2.24) is 5.43 Å². The standard InChI is InChI=1S/C4H8N2/c1-3-4-6-5-2/h3,6H,1-2,4H2. The maximum absolute atomic E-state index is 3.45. The highest BCUT2D eigenvalue weighted by atomic mass is 15.3. The molecule has 0 aliphatic heterocycles. The van der Waals surface area contributed by atoms with E-state index in [1.165, 1.54) is 0 Å². The van der Waals surface area contributed by atoms with Crippen LogP contribution in [-0.4, -0.2) is 13.3 Å². The molecule has 0 rings (SSSR count). The third-order valence-corrected chi connectivity index (χ3v) is 0.347. The molecule has 0 amide bonds. The SMILES string of the molecule is C=CCNN=C. The summed E-state index contributed by atoms with van der Waals surface area (Å²) in [5, 5.41) is 3.35. The summed E-state index contributed by atoms with van der Waals surface area (Å²) in [6, 6.07) is 0. The number of hydrogen-bond acceptors (Lipinski definition) is 2. The predicted octanol–water partition coefficient (Wildman–Crippen LogP) is 0.378. The Labute approximate surface area is 37.6 Å². The van der Waals surface area contributed by atoms with Crippen LogP contribution in [0.2, 0.25) is 0 Å². The van der Waals surface area contributed by atoms with Crippen LogP contribution in [-0.2, 0) is 0 Å². The molecule has 0 spiro atoms. The average molecular weight is 84.1 g/mol. The Morgan fingerprint density at radius 2 is 2.50 bits per heavy atom. The van der Waals surface area contributed by atoms with Gasteiger partial charge in [0.2, 0.25) is 0 Å². The lowest BCUT2D eigenvalue weighted by Crippen LogP contribution is -2.01. The normalized spacial score (nSPS) is 6.67. The van der Waals surface area contributed by atoms with Crippen molar-refractivity contribution in [2.45, 2.75) is 0 Å². The molecule has 0 aliphatic carbocycles.